The number of anilines is 1. The van der Waals surface area contributed by atoms with Crippen LogP contribution in [0.25, 0.3) is 21.8 Å². The van der Waals surface area contributed by atoms with E-state index in [0.717, 1.165) is 16.6 Å². The maximum atomic E-state index is 11.6. The Hall–Kier alpha value is -1.71. The van der Waals surface area contributed by atoms with Crippen molar-refractivity contribution in [2.24, 2.45) is 0 Å². The van der Waals surface area contributed by atoms with Crippen LogP contribution in [0.15, 0.2) is 42.5 Å². The fraction of sp³-hybridized carbons (Fsp3) is 0.235. The lowest BCUT2D eigenvalue weighted by atomic mass is 10.1. The molecule has 0 saturated carbocycles. The molecule has 0 fully saturated rings. The van der Waals surface area contributed by atoms with Crippen LogP contribution in [-0.2, 0) is 0 Å². The number of pyridine rings is 1. The summed E-state index contributed by atoms with van der Waals surface area (Å²) in [5.41, 5.74) is 2.38. The Labute approximate surface area is 163 Å². The van der Waals surface area contributed by atoms with E-state index < -0.39 is 5.23 Å². The fourth-order valence-electron chi connectivity index (χ4n) is 2.76. The van der Waals surface area contributed by atoms with E-state index in [1.165, 1.54) is 0 Å². The normalized spacial score (nSPS) is 12.3. The molecule has 0 bridgehead atoms. The topological polar surface area (TPSA) is 92.9 Å². The number of halogens is 2. The standard InChI is InChI=1S/C17H21N4O3.2ClH/c1-21(2,24)11-10-18-17-12-6-3-4-7-13(12)19-14-8-5-9-15(16(14)17)20(22)23;;/h3-9,20,22,24H,10-11H2,1-2H3,(H,18,19);2*1H/q+1;;. The summed E-state index contributed by atoms with van der Waals surface area (Å²) in [6.07, 6.45) is 0. The van der Waals surface area contributed by atoms with Gasteiger partial charge in [-0.05, 0) is 12.1 Å². The van der Waals surface area contributed by atoms with E-state index in [9.17, 15) is 15.6 Å². The maximum absolute atomic E-state index is 11.6. The highest BCUT2D eigenvalue weighted by atomic mass is 35.5. The van der Waals surface area contributed by atoms with Crippen molar-refractivity contribution >= 4 is 58.0 Å². The van der Waals surface area contributed by atoms with Crippen molar-refractivity contribution in [3.05, 3.63) is 47.7 Å². The largest absolute Gasteiger partial charge is 0.595 e. The van der Waals surface area contributed by atoms with Crippen LogP contribution >= 0.6 is 24.8 Å². The molecule has 0 aliphatic carbocycles. The highest BCUT2D eigenvalue weighted by Crippen LogP contribution is 2.34. The van der Waals surface area contributed by atoms with Gasteiger partial charge in [0.05, 0.1) is 42.7 Å². The minimum Gasteiger partial charge on any atom is -0.595 e. The van der Waals surface area contributed by atoms with Gasteiger partial charge < -0.3 is 10.5 Å². The van der Waals surface area contributed by atoms with E-state index in [-0.39, 0.29) is 35.1 Å². The first-order valence-electron chi connectivity index (χ1n) is 7.71. The molecule has 26 heavy (non-hydrogen) atoms. The number of para-hydroxylation sites is 1. The molecular formula is C17H23Cl2N4O3+. The first-order chi connectivity index (χ1) is 11.4. The van der Waals surface area contributed by atoms with Crippen molar-refractivity contribution < 1.29 is 20.3 Å². The molecule has 2 aromatic carbocycles. The van der Waals surface area contributed by atoms with Crippen LogP contribution in [0.5, 0.6) is 0 Å². The monoisotopic (exact) mass is 401 g/mol. The quantitative estimate of drug-likeness (QED) is 0.299. The van der Waals surface area contributed by atoms with Crippen LogP contribution < -0.4 is 10.5 Å². The van der Waals surface area contributed by atoms with E-state index in [1.807, 2.05) is 30.3 Å². The highest BCUT2D eigenvalue weighted by molar-refractivity contribution is 6.11. The maximum Gasteiger partial charge on any atom is 0.175 e. The van der Waals surface area contributed by atoms with Gasteiger partial charge in [-0.2, -0.15) is 9.87 Å². The molecule has 9 heteroatoms. The van der Waals surface area contributed by atoms with Gasteiger partial charge in [0.25, 0.3) is 0 Å². The van der Waals surface area contributed by atoms with Gasteiger partial charge in [-0.25, -0.2) is 15.4 Å². The van der Waals surface area contributed by atoms with Crippen LogP contribution in [0.4, 0.5) is 11.4 Å². The van der Waals surface area contributed by atoms with E-state index in [2.05, 4.69) is 10.3 Å². The van der Waals surface area contributed by atoms with Gasteiger partial charge in [0, 0.05) is 11.5 Å². The number of benzene rings is 2. The van der Waals surface area contributed by atoms with Gasteiger partial charge in [-0.1, -0.05) is 24.3 Å². The number of hydroxylamine groups is 3. The molecule has 0 saturated heterocycles. The van der Waals surface area contributed by atoms with E-state index in [0.29, 0.717) is 24.0 Å². The smallest absolute Gasteiger partial charge is 0.175 e. The van der Waals surface area contributed by atoms with Crippen molar-refractivity contribution in [1.82, 2.24) is 4.98 Å². The number of rotatable bonds is 5. The minimum atomic E-state index is -0.987. The number of nitrogens with zero attached hydrogens (tertiary/aromatic N) is 2. The number of hydrogen-bond acceptors (Lipinski definition) is 5. The third kappa shape index (κ3) is 4.72. The number of likely N-dealkylation sites (N-methyl/N-ethyl adjacent to an activating group) is 1. The van der Waals surface area contributed by atoms with Crippen molar-refractivity contribution in [3.63, 3.8) is 0 Å². The molecular weight excluding hydrogens is 379 g/mol. The molecule has 0 amide bonds. The summed E-state index contributed by atoms with van der Waals surface area (Å²) in [5, 5.41) is 34.8. The second kappa shape index (κ2) is 8.79. The van der Waals surface area contributed by atoms with Gasteiger partial charge in [-0.3, -0.25) is 0 Å². The SMILES string of the molecule is C[N+](C)(O)CCNc1c2ccccc2nc2cccc([NH+]([O-])O)c12.Cl.Cl. The molecule has 1 atom stereocenters. The molecule has 3 rings (SSSR count). The number of aromatic nitrogens is 1. The number of quaternary nitrogens is 2. The zero-order chi connectivity index (χ0) is 17.3. The lowest BCUT2D eigenvalue weighted by Gasteiger charge is -2.21. The van der Waals surface area contributed by atoms with Gasteiger partial charge in [-0.15, -0.1) is 24.8 Å². The summed E-state index contributed by atoms with van der Waals surface area (Å²) in [5.74, 6) is 0. The van der Waals surface area contributed by atoms with Gasteiger partial charge >= 0.3 is 0 Å². The molecule has 1 aromatic heterocycles. The van der Waals surface area contributed by atoms with Crippen molar-refractivity contribution in [1.29, 1.82) is 0 Å². The van der Waals surface area contributed by atoms with Gasteiger partial charge in [0.2, 0.25) is 0 Å². The fourth-order valence-corrected chi connectivity index (χ4v) is 2.76. The Balaban J connectivity index is 0.00000169. The molecule has 0 spiro atoms. The Bertz CT molecular complexity index is 885. The molecule has 0 radical (unpaired) electrons. The van der Waals surface area contributed by atoms with Crippen LogP contribution in [0, 0.1) is 5.21 Å². The Morgan fingerprint density at radius 2 is 1.73 bits per heavy atom. The molecule has 4 N–H and O–H groups in total. The Morgan fingerprint density at radius 1 is 1.08 bits per heavy atom. The van der Waals surface area contributed by atoms with Gasteiger partial charge in [0.15, 0.2) is 5.69 Å². The van der Waals surface area contributed by atoms with E-state index >= 15 is 0 Å². The predicted molar refractivity (Wildman–Crippen MR) is 107 cm³/mol. The first-order valence-corrected chi connectivity index (χ1v) is 7.71. The first kappa shape index (κ1) is 22.3. The van der Waals surface area contributed by atoms with Crippen LogP contribution in [-0.4, -0.2) is 47.2 Å². The third-order valence-corrected chi connectivity index (χ3v) is 3.90. The molecule has 7 nitrogen and oxygen atoms in total. The average Bonchev–Trinajstić information content (AvgIpc) is 2.52. The molecule has 0 aliphatic rings. The Morgan fingerprint density at radius 3 is 2.38 bits per heavy atom. The van der Waals surface area contributed by atoms with Gasteiger partial charge in [0.1, 0.15) is 6.54 Å². The Kier molecular flexibility index (Phi) is 7.55. The van der Waals surface area contributed by atoms with Crippen LogP contribution in [0.2, 0.25) is 0 Å². The zero-order valence-corrected chi connectivity index (χ0v) is 16.1. The third-order valence-electron chi connectivity index (χ3n) is 3.90. The van der Waals surface area contributed by atoms with E-state index in [1.54, 1.807) is 26.2 Å². The average molecular weight is 402 g/mol. The molecule has 3 aromatic rings. The lowest BCUT2D eigenvalue weighted by molar-refractivity contribution is -1.07. The molecule has 1 heterocycles. The predicted octanol–water partition coefficient (Wildman–Crippen LogP) is 2.51. The molecule has 1 unspecified atom stereocenters. The summed E-state index contributed by atoms with van der Waals surface area (Å²) < 4.78 is -0.167. The van der Waals surface area contributed by atoms with E-state index in [4.69, 9.17) is 0 Å². The second-order valence-electron chi connectivity index (χ2n) is 6.28. The molecule has 0 aliphatic heterocycles. The highest BCUT2D eigenvalue weighted by Gasteiger charge is 2.17. The minimum absolute atomic E-state index is 0. The number of nitrogens with one attached hydrogen (secondary N) is 2. The summed E-state index contributed by atoms with van der Waals surface area (Å²) in [7, 11) is 3.38. The van der Waals surface area contributed by atoms with Crippen molar-refractivity contribution in [3.8, 4) is 0 Å². The summed E-state index contributed by atoms with van der Waals surface area (Å²) in [4.78, 5) is 4.58. The van der Waals surface area contributed by atoms with Crippen molar-refractivity contribution in [2.75, 3.05) is 32.5 Å². The van der Waals surface area contributed by atoms with Crippen molar-refractivity contribution in [2.45, 2.75) is 0 Å². The summed E-state index contributed by atoms with van der Waals surface area (Å²) in [6.45, 7) is 0.980. The number of fused-ring (bicyclic) bond motifs is 2. The zero-order valence-electron chi connectivity index (χ0n) is 14.5. The lowest BCUT2D eigenvalue weighted by Crippen LogP contribution is -2.99. The van der Waals surface area contributed by atoms with Crippen LogP contribution in [0.1, 0.15) is 0 Å². The second-order valence-corrected chi connectivity index (χ2v) is 6.28. The van der Waals surface area contributed by atoms with Crippen LogP contribution in [0.3, 0.4) is 0 Å². The molecule has 142 valence electrons. The number of hydrogen-bond donors (Lipinski definition) is 4. The summed E-state index contributed by atoms with van der Waals surface area (Å²) >= 11 is 0. The summed E-state index contributed by atoms with van der Waals surface area (Å²) in [6, 6.07) is 12.7.